The van der Waals surface area contributed by atoms with E-state index in [-0.39, 0.29) is 5.91 Å². The zero-order valence-corrected chi connectivity index (χ0v) is 16.9. The molecule has 3 aromatic heterocycles. The molecule has 0 radical (unpaired) electrons. The van der Waals surface area contributed by atoms with Crippen molar-refractivity contribution < 1.29 is 4.79 Å². The highest BCUT2D eigenvalue weighted by molar-refractivity contribution is 7.21. The van der Waals surface area contributed by atoms with Crippen molar-refractivity contribution in [2.75, 3.05) is 5.73 Å². The Labute approximate surface area is 171 Å². The fourth-order valence-corrected chi connectivity index (χ4v) is 4.26. The van der Waals surface area contributed by atoms with Crippen LogP contribution in [-0.2, 0) is 6.54 Å². The second kappa shape index (κ2) is 7.84. The maximum Gasteiger partial charge on any atom is 0.283 e. The molecule has 7 nitrogen and oxygen atoms in total. The Hall–Kier alpha value is -3.52. The van der Waals surface area contributed by atoms with Gasteiger partial charge >= 0.3 is 0 Å². The number of hydrogen-bond acceptors (Lipinski definition) is 6. The minimum absolute atomic E-state index is 0.351. The average Bonchev–Trinajstić information content (AvgIpc) is 3.26. The van der Waals surface area contributed by atoms with Crippen molar-refractivity contribution in [1.82, 2.24) is 20.2 Å². The molecule has 0 atom stereocenters. The number of nitrogens with zero attached hydrogens (tertiary/aromatic N) is 4. The van der Waals surface area contributed by atoms with Crippen molar-refractivity contribution in [2.45, 2.75) is 20.4 Å². The Morgan fingerprint density at radius 1 is 1.31 bits per heavy atom. The predicted molar refractivity (Wildman–Crippen MR) is 116 cm³/mol. The normalized spacial score (nSPS) is 11.4. The van der Waals surface area contributed by atoms with Crippen LogP contribution in [0.25, 0.3) is 10.2 Å². The number of amides is 1. The molecule has 146 valence electrons. The quantitative estimate of drug-likeness (QED) is 0.393. The summed E-state index contributed by atoms with van der Waals surface area (Å²) >= 11 is 1.27. The summed E-state index contributed by atoms with van der Waals surface area (Å²) in [6.07, 6.45) is 5.12. The van der Waals surface area contributed by atoms with Crippen molar-refractivity contribution in [3.63, 3.8) is 0 Å². The fraction of sp³-hybridized carbons (Fsp3) is 0.143. The van der Waals surface area contributed by atoms with Gasteiger partial charge in [0.25, 0.3) is 5.91 Å². The van der Waals surface area contributed by atoms with Crippen LogP contribution in [0.15, 0.2) is 53.9 Å². The number of nitrogens with two attached hydrogens (primary N) is 1. The lowest BCUT2D eigenvalue weighted by Gasteiger charge is -2.00. The number of thiophene rings is 1. The monoisotopic (exact) mass is 404 g/mol. The van der Waals surface area contributed by atoms with E-state index in [4.69, 9.17) is 5.73 Å². The number of benzene rings is 1. The van der Waals surface area contributed by atoms with E-state index in [0.717, 1.165) is 32.6 Å². The standard InChI is InChI=1S/C21H20N6OS/c1-13-8-14(2)25-21-17(13)18(22)19(29-21)20(28)26-23-9-16-10-24-27(12-16)11-15-6-4-3-5-7-15/h3-10,12H,11,22H2,1-2H3,(H,26,28)/b23-9-. The number of hydrazone groups is 1. The van der Waals surface area contributed by atoms with Gasteiger partial charge in [0.1, 0.15) is 9.71 Å². The second-order valence-corrected chi connectivity index (χ2v) is 7.76. The summed E-state index contributed by atoms with van der Waals surface area (Å²) in [6.45, 7) is 4.56. The van der Waals surface area contributed by atoms with Crippen LogP contribution >= 0.6 is 11.3 Å². The first-order valence-electron chi connectivity index (χ1n) is 9.07. The molecule has 0 saturated carbocycles. The number of aryl methyl sites for hydroxylation is 2. The molecule has 3 heterocycles. The molecule has 1 aromatic carbocycles. The molecule has 1 amide bonds. The van der Waals surface area contributed by atoms with Crippen LogP contribution in [-0.4, -0.2) is 26.9 Å². The number of anilines is 1. The summed E-state index contributed by atoms with van der Waals surface area (Å²) in [5.74, 6) is -0.351. The molecule has 8 heteroatoms. The van der Waals surface area contributed by atoms with Gasteiger partial charge in [0.2, 0.25) is 0 Å². The summed E-state index contributed by atoms with van der Waals surface area (Å²) in [6, 6.07) is 12.0. The molecule has 0 bridgehead atoms. The topological polar surface area (TPSA) is 98.2 Å². The number of nitrogens with one attached hydrogen (secondary N) is 1. The molecule has 0 aliphatic rings. The van der Waals surface area contributed by atoms with Gasteiger partial charge in [-0.2, -0.15) is 10.2 Å². The SMILES string of the molecule is Cc1cc(C)c2c(N)c(C(=O)N/N=C\c3cnn(Cc4ccccc4)c3)sc2n1. The maximum absolute atomic E-state index is 12.5. The largest absolute Gasteiger partial charge is 0.397 e. The summed E-state index contributed by atoms with van der Waals surface area (Å²) in [7, 11) is 0. The van der Waals surface area contributed by atoms with Crippen LogP contribution in [0.3, 0.4) is 0 Å². The number of carbonyl (C=O) groups excluding carboxylic acids is 1. The van der Waals surface area contributed by atoms with Crippen LogP contribution < -0.4 is 11.2 Å². The van der Waals surface area contributed by atoms with Crippen molar-refractivity contribution in [2.24, 2.45) is 5.10 Å². The van der Waals surface area contributed by atoms with Gasteiger partial charge in [-0.1, -0.05) is 30.3 Å². The summed E-state index contributed by atoms with van der Waals surface area (Å²) in [5.41, 5.74) is 13.0. The van der Waals surface area contributed by atoms with E-state index >= 15 is 0 Å². The second-order valence-electron chi connectivity index (χ2n) is 6.76. The molecule has 0 unspecified atom stereocenters. The number of carbonyl (C=O) groups is 1. The minimum atomic E-state index is -0.351. The Morgan fingerprint density at radius 2 is 2.10 bits per heavy atom. The van der Waals surface area contributed by atoms with Gasteiger partial charge in [-0.25, -0.2) is 10.4 Å². The molecular weight excluding hydrogens is 384 g/mol. The fourth-order valence-electron chi connectivity index (χ4n) is 3.16. The van der Waals surface area contributed by atoms with Gasteiger partial charge in [0.15, 0.2) is 0 Å². The number of hydrogen-bond donors (Lipinski definition) is 2. The van der Waals surface area contributed by atoms with E-state index in [1.165, 1.54) is 11.3 Å². The average molecular weight is 404 g/mol. The Bertz CT molecular complexity index is 1210. The van der Waals surface area contributed by atoms with E-state index in [9.17, 15) is 4.79 Å². The predicted octanol–water partition coefficient (Wildman–Crippen LogP) is 3.50. The minimum Gasteiger partial charge on any atom is -0.397 e. The van der Waals surface area contributed by atoms with Gasteiger partial charge in [-0.15, -0.1) is 11.3 Å². The van der Waals surface area contributed by atoms with Gasteiger partial charge in [-0.05, 0) is 31.0 Å². The van der Waals surface area contributed by atoms with Crippen molar-refractivity contribution >= 4 is 39.4 Å². The molecule has 3 N–H and O–H groups in total. The van der Waals surface area contributed by atoms with Crippen LogP contribution in [0.2, 0.25) is 0 Å². The van der Waals surface area contributed by atoms with E-state index in [1.807, 2.05) is 61.1 Å². The van der Waals surface area contributed by atoms with Crippen molar-refractivity contribution in [1.29, 1.82) is 0 Å². The molecular formula is C21H20N6OS. The first-order chi connectivity index (χ1) is 14.0. The lowest BCUT2D eigenvalue weighted by atomic mass is 10.1. The zero-order valence-electron chi connectivity index (χ0n) is 16.1. The van der Waals surface area contributed by atoms with Gasteiger partial charge in [-0.3, -0.25) is 9.48 Å². The van der Waals surface area contributed by atoms with Crippen LogP contribution in [0.5, 0.6) is 0 Å². The Kier molecular flexibility index (Phi) is 5.09. The Balaban J connectivity index is 1.45. The molecule has 0 saturated heterocycles. The van der Waals surface area contributed by atoms with E-state index in [0.29, 0.717) is 17.1 Å². The highest BCUT2D eigenvalue weighted by Gasteiger charge is 2.18. The summed E-state index contributed by atoms with van der Waals surface area (Å²) < 4.78 is 1.82. The zero-order chi connectivity index (χ0) is 20.4. The number of aromatic nitrogens is 3. The lowest BCUT2D eigenvalue weighted by molar-refractivity contribution is 0.0960. The number of nitrogen functional groups attached to an aromatic ring is 1. The van der Waals surface area contributed by atoms with Gasteiger partial charge < -0.3 is 5.73 Å². The van der Waals surface area contributed by atoms with Crippen molar-refractivity contribution in [3.8, 4) is 0 Å². The summed E-state index contributed by atoms with van der Waals surface area (Å²) in [4.78, 5) is 18.2. The molecule has 0 aliphatic heterocycles. The molecule has 0 aliphatic carbocycles. The van der Waals surface area contributed by atoms with Crippen LogP contribution in [0.1, 0.15) is 32.1 Å². The first kappa shape index (κ1) is 18.8. The van der Waals surface area contributed by atoms with Crippen LogP contribution in [0, 0.1) is 13.8 Å². The highest BCUT2D eigenvalue weighted by atomic mass is 32.1. The first-order valence-corrected chi connectivity index (χ1v) is 9.89. The number of rotatable bonds is 5. The van der Waals surface area contributed by atoms with Gasteiger partial charge in [0, 0.05) is 22.8 Å². The van der Waals surface area contributed by atoms with Crippen LogP contribution in [0.4, 0.5) is 5.69 Å². The molecule has 4 rings (SSSR count). The lowest BCUT2D eigenvalue weighted by Crippen LogP contribution is -2.17. The molecule has 0 fully saturated rings. The Morgan fingerprint density at radius 3 is 2.90 bits per heavy atom. The third kappa shape index (κ3) is 4.02. The van der Waals surface area contributed by atoms with E-state index < -0.39 is 0 Å². The van der Waals surface area contributed by atoms with Gasteiger partial charge in [0.05, 0.1) is 24.6 Å². The third-order valence-electron chi connectivity index (χ3n) is 4.45. The molecule has 29 heavy (non-hydrogen) atoms. The molecule has 0 spiro atoms. The summed E-state index contributed by atoms with van der Waals surface area (Å²) in [5, 5.41) is 9.19. The van der Waals surface area contributed by atoms with E-state index in [2.05, 4.69) is 20.6 Å². The van der Waals surface area contributed by atoms with E-state index in [1.54, 1.807) is 12.4 Å². The van der Waals surface area contributed by atoms with Crippen molar-refractivity contribution in [3.05, 3.63) is 76.1 Å². The number of fused-ring (bicyclic) bond motifs is 1. The smallest absolute Gasteiger partial charge is 0.283 e. The highest BCUT2D eigenvalue weighted by Crippen LogP contribution is 2.34. The molecule has 4 aromatic rings. The number of pyridine rings is 1. The maximum atomic E-state index is 12.5. The third-order valence-corrected chi connectivity index (χ3v) is 5.55.